The zero-order valence-corrected chi connectivity index (χ0v) is 19.3. The number of ether oxygens (including phenoxy) is 2. The summed E-state index contributed by atoms with van der Waals surface area (Å²) >= 11 is 1.45. The third-order valence-electron chi connectivity index (χ3n) is 5.81. The number of carboxylic acids is 1. The Bertz CT molecular complexity index is 1080. The highest BCUT2D eigenvalue weighted by atomic mass is 32.2. The molecule has 0 saturated heterocycles. The van der Waals surface area contributed by atoms with E-state index < -0.39 is 29.2 Å². The number of carbonyl (C=O) groups excluding carboxylic acids is 2. The molecule has 2 aliphatic rings. The van der Waals surface area contributed by atoms with Crippen LogP contribution in [0.2, 0.25) is 0 Å². The van der Waals surface area contributed by atoms with Crippen LogP contribution in [0.25, 0.3) is 0 Å². The van der Waals surface area contributed by atoms with E-state index in [-0.39, 0.29) is 6.42 Å². The molecule has 0 saturated carbocycles. The van der Waals surface area contributed by atoms with Gasteiger partial charge in [0.15, 0.2) is 11.5 Å². The smallest absolute Gasteiger partial charge is 0.374 e. The Hall–Kier alpha value is -3.04. The average Bonchev–Trinajstić information content (AvgIpc) is 2.81. The molecule has 2 aliphatic heterocycles. The van der Waals surface area contributed by atoms with Crippen molar-refractivity contribution >= 4 is 29.6 Å². The number of nitrogens with zero attached hydrogens (tertiary/aromatic N) is 1. The number of ketones is 1. The molecule has 8 nitrogen and oxygen atoms in total. The fourth-order valence-electron chi connectivity index (χ4n) is 4.14. The summed E-state index contributed by atoms with van der Waals surface area (Å²) in [6.07, 6.45) is 0.479. The molecule has 0 bridgehead atoms. The number of hydrogen-bond acceptors (Lipinski definition) is 7. The number of likely N-dealkylation sites (N-methyl/N-ethyl adjacent to an activating group) is 1. The first-order valence-corrected chi connectivity index (χ1v) is 11.6. The Labute approximate surface area is 196 Å². The van der Waals surface area contributed by atoms with Crippen LogP contribution >= 0.6 is 11.9 Å². The summed E-state index contributed by atoms with van der Waals surface area (Å²) < 4.78 is 13.3. The second-order valence-electron chi connectivity index (χ2n) is 8.27. The van der Waals surface area contributed by atoms with Crippen molar-refractivity contribution in [1.82, 2.24) is 9.62 Å². The van der Waals surface area contributed by atoms with E-state index in [1.54, 1.807) is 12.1 Å². The van der Waals surface area contributed by atoms with Crippen molar-refractivity contribution in [1.29, 1.82) is 0 Å². The maximum absolute atomic E-state index is 13.4. The van der Waals surface area contributed by atoms with Crippen LogP contribution in [0.1, 0.15) is 25.0 Å². The topological polar surface area (TPSA) is 105 Å². The van der Waals surface area contributed by atoms with Crippen molar-refractivity contribution in [2.24, 2.45) is 0 Å². The van der Waals surface area contributed by atoms with Gasteiger partial charge in [-0.2, -0.15) is 0 Å². The third kappa shape index (κ3) is 4.84. The molecular weight excluding hydrogens is 444 g/mol. The molecule has 0 aliphatic carbocycles. The summed E-state index contributed by atoms with van der Waals surface area (Å²) in [5.41, 5.74) is 0.124. The Morgan fingerprint density at radius 3 is 2.45 bits per heavy atom. The second-order valence-corrected chi connectivity index (χ2v) is 9.36. The third-order valence-corrected chi connectivity index (χ3v) is 7.14. The van der Waals surface area contributed by atoms with Gasteiger partial charge in [-0.05, 0) is 48.6 Å². The molecular formula is C24H26N2O6S. The van der Waals surface area contributed by atoms with E-state index in [9.17, 15) is 19.5 Å². The lowest BCUT2D eigenvalue weighted by Crippen LogP contribution is -2.60. The Kier molecular flexibility index (Phi) is 6.62. The van der Waals surface area contributed by atoms with E-state index in [1.807, 2.05) is 41.6 Å². The van der Waals surface area contributed by atoms with Gasteiger partial charge >= 0.3 is 5.97 Å². The van der Waals surface area contributed by atoms with Crippen LogP contribution in [0.15, 0.2) is 47.4 Å². The molecule has 2 atom stereocenters. The van der Waals surface area contributed by atoms with Crippen LogP contribution in [0.4, 0.5) is 0 Å². The average molecular weight is 471 g/mol. The maximum atomic E-state index is 13.4. The number of rotatable bonds is 7. The zero-order chi connectivity index (χ0) is 23.6. The van der Waals surface area contributed by atoms with Crippen molar-refractivity contribution in [2.75, 3.05) is 19.8 Å². The van der Waals surface area contributed by atoms with E-state index in [0.29, 0.717) is 37.7 Å². The van der Waals surface area contributed by atoms with Crippen molar-refractivity contribution in [3.8, 4) is 11.5 Å². The summed E-state index contributed by atoms with van der Waals surface area (Å²) in [6.45, 7) is 4.96. The number of carbonyl (C=O) groups is 3. The minimum absolute atomic E-state index is 0.0754. The van der Waals surface area contributed by atoms with E-state index in [0.717, 1.165) is 16.0 Å². The Morgan fingerprint density at radius 2 is 1.82 bits per heavy atom. The lowest BCUT2D eigenvalue weighted by atomic mass is 9.87. The van der Waals surface area contributed by atoms with Crippen LogP contribution in [-0.4, -0.2) is 58.4 Å². The van der Waals surface area contributed by atoms with Gasteiger partial charge in [-0.1, -0.05) is 37.3 Å². The van der Waals surface area contributed by atoms with Crippen molar-refractivity contribution in [3.05, 3.63) is 53.6 Å². The summed E-state index contributed by atoms with van der Waals surface area (Å²) in [7, 11) is 0. The minimum atomic E-state index is -1.58. The van der Waals surface area contributed by atoms with Gasteiger partial charge in [0.05, 0.1) is 0 Å². The van der Waals surface area contributed by atoms with Crippen LogP contribution in [0.3, 0.4) is 0 Å². The van der Waals surface area contributed by atoms with Crippen LogP contribution in [0, 0.1) is 0 Å². The standard InChI is InChI=1S/C24H26N2O6S/c1-3-26-17(11-16-12-18-19(13-20(16)33-26)32-10-9-31-18)22(28)25-24(2,21(27)23(29)30)14-15-7-5-4-6-8-15/h4-8,12-13,17H,3,9-11,14H2,1-2H3,(H,25,28)(H,29,30)/t17?,24-/m0/s1. The van der Waals surface area contributed by atoms with Gasteiger partial charge in [0, 0.05) is 17.9 Å². The number of hydrogen-bond donors (Lipinski definition) is 2. The van der Waals surface area contributed by atoms with E-state index >= 15 is 0 Å². The summed E-state index contributed by atoms with van der Waals surface area (Å²) in [5.74, 6) is -1.68. The molecule has 0 spiro atoms. The quantitative estimate of drug-likeness (QED) is 0.470. The number of fused-ring (bicyclic) bond motifs is 2. The van der Waals surface area contributed by atoms with Crippen LogP contribution in [-0.2, 0) is 27.2 Å². The highest BCUT2D eigenvalue weighted by molar-refractivity contribution is 7.97. The molecule has 33 heavy (non-hydrogen) atoms. The van der Waals surface area contributed by atoms with Gasteiger partial charge in [-0.15, -0.1) is 0 Å². The Balaban J connectivity index is 1.59. The molecule has 0 fully saturated rings. The maximum Gasteiger partial charge on any atom is 0.374 e. The molecule has 2 heterocycles. The van der Waals surface area contributed by atoms with Gasteiger partial charge in [-0.3, -0.25) is 9.59 Å². The fourth-order valence-corrected chi connectivity index (χ4v) is 5.24. The van der Waals surface area contributed by atoms with Crippen molar-refractivity contribution in [2.45, 2.75) is 43.2 Å². The molecule has 1 amide bonds. The number of amides is 1. The normalized spacial score (nSPS) is 19.2. The summed E-state index contributed by atoms with van der Waals surface area (Å²) in [5, 5.41) is 12.2. The molecule has 4 rings (SSSR count). The molecule has 0 aromatic heterocycles. The van der Waals surface area contributed by atoms with Gasteiger partial charge < -0.3 is 19.9 Å². The predicted octanol–water partition coefficient (Wildman–Crippen LogP) is 2.48. The van der Waals surface area contributed by atoms with Gasteiger partial charge in [0.1, 0.15) is 24.8 Å². The van der Waals surface area contributed by atoms with Crippen molar-refractivity contribution < 1.29 is 29.0 Å². The van der Waals surface area contributed by atoms with E-state index in [2.05, 4.69) is 5.32 Å². The number of Topliss-reactive ketones (excluding diaryl/α,β-unsaturated/α-hetero) is 1. The lowest BCUT2D eigenvalue weighted by Gasteiger charge is -2.37. The zero-order valence-electron chi connectivity index (χ0n) is 18.5. The number of aliphatic carboxylic acids is 1. The second kappa shape index (κ2) is 9.44. The number of benzene rings is 2. The van der Waals surface area contributed by atoms with Crippen LogP contribution < -0.4 is 14.8 Å². The fraction of sp³-hybridized carbons (Fsp3) is 0.375. The SMILES string of the molecule is CCN1Sc2cc3c(cc2CC1C(=O)N[C@@](C)(Cc1ccccc1)C(=O)C(=O)O)OCCO3. The van der Waals surface area contributed by atoms with Crippen molar-refractivity contribution in [3.63, 3.8) is 0 Å². The highest BCUT2D eigenvalue weighted by Crippen LogP contribution is 2.42. The van der Waals surface area contributed by atoms with Gasteiger partial charge in [0.25, 0.3) is 5.78 Å². The molecule has 2 aromatic carbocycles. The highest BCUT2D eigenvalue weighted by Gasteiger charge is 2.42. The van der Waals surface area contributed by atoms with Gasteiger partial charge in [0.2, 0.25) is 5.91 Å². The molecule has 0 radical (unpaired) electrons. The minimum Gasteiger partial charge on any atom is -0.486 e. The molecule has 2 aromatic rings. The van der Waals surface area contributed by atoms with E-state index in [1.165, 1.54) is 18.9 Å². The Morgan fingerprint density at radius 1 is 1.15 bits per heavy atom. The molecule has 9 heteroatoms. The van der Waals surface area contributed by atoms with Gasteiger partial charge in [-0.25, -0.2) is 9.10 Å². The first-order valence-electron chi connectivity index (χ1n) is 10.8. The molecule has 174 valence electrons. The number of carboxylic acid groups (broad SMARTS) is 1. The monoisotopic (exact) mass is 470 g/mol. The van der Waals surface area contributed by atoms with Crippen LogP contribution in [0.5, 0.6) is 11.5 Å². The molecule has 1 unspecified atom stereocenters. The summed E-state index contributed by atoms with van der Waals surface area (Å²) in [6, 6.07) is 12.3. The van der Waals surface area contributed by atoms with E-state index in [4.69, 9.17) is 9.47 Å². The number of nitrogens with one attached hydrogen (secondary N) is 1. The first kappa shape index (κ1) is 23.1. The largest absolute Gasteiger partial charge is 0.486 e. The molecule has 2 N–H and O–H groups in total. The first-order chi connectivity index (χ1) is 15.8. The predicted molar refractivity (Wildman–Crippen MR) is 122 cm³/mol. The summed E-state index contributed by atoms with van der Waals surface area (Å²) in [4.78, 5) is 38.6. The lowest BCUT2D eigenvalue weighted by molar-refractivity contribution is -0.152.